The van der Waals surface area contributed by atoms with Crippen LogP contribution in [0.15, 0.2) is 46.0 Å². The van der Waals surface area contributed by atoms with Gasteiger partial charge in [-0.1, -0.05) is 42.5 Å². The molecule has 25 heavy (non-hydrogen) atoms. The van der Waals surface area contributed by atoms with E-state index in [0.29, 0.717) is 5.56 Å². The molecule has 7 heteroatoms. The van der Waals surface area contributed by atoms with Gasteiger partial charge in [0.25, 0.3) is 5.56 Å². The van der Waals surface area contributed by atoms with Crippen molar-refractivity contribution in [1.29, 1.82) is 0 Å². The zero-order valence-electron chi connectivity index (χ0n) is 13.6. The number of benzene rings is 1. The van der Waals surface area contributed by atoms with E-state index in [1.165, 1.54) is 24.8 Å². The van der Waals surface area contributed by atoms with Crippen molar-refractivity contribution < 1.29 is 9.53 Å². The van der Waals surface area contributed by atoms with E-state index in [2.05, 4.69) is 9.97 Å². The van der Waals surface area contributed by atoms with Gasteiger partial charge in [-0.25, -0.2) is 14.6 Å². The topological polar surface area (TPSA) is 94.0 Å². The number of hydrogen-bond acceptors (Lipinski definition) is 5. The third-order valence-corrected chi connectivity index (χ3v) is 3.75. The Hall–Kier alpha value is -3.48. The van der Waals surface area contributed by atoms with Crippen molar-refractivity contribution in [2.75, 3.05) is 7.11 Å². The average molecular weight is 337 g/mol. The van der Waals surface area contributed by atoms with Crippen LogP contribution in [0.1, 0.15) is 21.6 Å². The number of aromatic nitrogens is 3. The van der Waals surface area contributed by atoms with Gasteiger partial charge >= 0.3 is 11.7 Å². The number of methoxy groups -OCH3 is 1. The van der Waals surface area contributed by atoms with Crippen LogP contribution in [-0.4, -0.2) is 27.6 Å². The lowest BCUT2D eigenvalue weighted by molar-refractivity contribution is 0.0594. The SMILES string of the molecule is COC(=O)c1cc(/C=C/c2ccccc2)c2c(=O)[nH]c(=O)n(C)c2n1. The predicted molar refractivity (Wildman–Crippen MR) is 94.3 cm³/mol. The van der Waals surface area contributed by atoms with Gasteiger partial charge in [-0.15, -0.1) is 0 Å². The quantitative estimate of drug-likeness (QED) is 0.732. The molecular formula is C18H15N3O4. The number of hydrogen-bond donors (Lipinski definition) is 1. The zero-order valence-corrected chi connectivity index (χ0v) is 13.6. The van der Waals surface area contributed by atoms with Crippen molar-refractivity contribution in [3.05, 3.63) is 74.1 Å². The summed E-state index contributed by atoms with van der Waals surface area (Å²) in [5, 5.41) is 0.224. The molecule has 3 aromatic rings. The Kier molecular flexibility index (Phi) is 4.30. The maximum absolute atomic E-state index is 12.3. The van der Waals surface area contributed by atoms with Gasteiger partial charge in [0, 0.05) is 7.05 Å². The molecule has 0 aliphatic rings. The molecule has 0 saturated carbocycles. The van der Waals surface area contributed by atoms with Crippen molar-refractivity contribution >= 4 is 29.2 Å². The Labute approximate surface area is 142 Å². The number of nitrogens with one attached hydrogen (secondary N) is 1. The third-order valence-electron chi connectivity index (χ3n) is 3.75. The summed E-state index contributed by atoms with van der Waals surface area (Å²) < 4.78 is 5.89. The molecular weight excluding hydrogens is 322 g/mol. The number of carbonyl (C=O) groups excluding carboxylic acids is 1. The molecule has 126 valence electrons. The first-order valence-electron chi connectivity index (χ1n) is 7.47. The van der Waals surface area contributed by atoms with Crippen molar-refractivity contribution in [3.8, 4) is 0 Å². The van der Waals surface area contributed by atoms with Crippen LogP contribution in [0.3, 0.4) is 0 Å². The molecule has 1 aromatic carbocycles. The normalized spacial score (nSPS) is 11.1. The van der Waals surface area contributed by atoms with E-state index in [9.17, 15) is 14.4 Å². The highest BCUT2D eigenvalue weighted by atomic mass is 16.5. The van der Waals surface area contributed by atoms with Gasteiger partial charge in [-0.2, -0.15) is 0 Å². The first-order chi connectivity index (χ1) is 12.0. The molecule has 2 aromatic heterocycles. The number of nitrogens with zero attached hydrogens (tertiary/aromatic N) is 2. The zero-order chi connectivity index (χ0) is 18.0. The van der Waals surface area contributed by atoms with Crippen LogP contribution >= 0.6 is 0 Å². The number of fused-ring (bicyclic) bond motifs is 1. The number of H-pyrrole nitrogens is 1. The highest BCUT2D eigenvalue weighted by molar-refractivity contribution is 5.95. The molecule has 0 fully saturated rings. The Morgan fingerprint density at radius 2 is 1.92 bits per heavy atom. The summed E-state index contributed by atoms with van der Waals surface area (Å²) in [6, 6.07) is 11.0. The van der Waals surface area contributed by atoms with Crippen molar-refractivity contribution in [2.24, 2.45) is 7.05 Å². The van der Waals surface area contributed by atoms with E-state index in [0.717, 1.165) is 5.56 Å². The standard InChI is InChI=1S/C18H15N3O4/c1-21-15-14(16(22)20-18(21)24)12(10-13(19-15)17(23)25-2)9-8-11-6-4-3-5-7-11/h3-10H,1-2H3,(H,20,22,24)/b9-8+. The molecule has 2 heterocycles. The number of pyridine rings is 1. The van der Waals surface area contributed by atoms with Crippen molar-refractivity contribution in [2.45, 2.75) is 0 Å². The molecule has 0 radical (unpaired) electrons. The summed E-state index contributed by atoms with van der Waals surface area (Å²) in [6.07, 6.45) is 3.51. The number of ether oxygens (including phenoxy) is 1. The smallest absolute Gasteiger partial charge is 0.356 e. The Balaban J connectivity index is 2.30. The molecule has 0 amide bonds. The lowest BCUT2D eigenvalue weighted by atomic mass is 10.1. The van der Waals surface area contributed by atoms with E-state index in [4.69, 9.17) is 4.74 Å². The maximum atomic E-state index is 12.3. The highest BCUT2D eigenvalue weighted by Gasteiger charge is 2.16. The van der Waals surface area contributed by atoms with Crippen LogP contribution in [0, 0.1) is 0 Å². The van der Waals surface area contributed by atoms with Crippen LogP contribution in [0.5, 0.6) is 0 Å². The Morgan fingerprint density at radius 1 is 1.20 bits per heavy atom. The Morgan fingerprint density at radius 3 is 2.60 bits per heavy atom. The molecule has 7 nitrogen and oxygen atoms in total. The molecule has 0 spiro atoms. The highest BCUT2D eigenvalue weighted by Crippen LogP contribution is 2.17. The second-order valence-electron chi connectivity index (χ2n) is 5.35. The number of carbonyl (C=O) groups is 1. The lowest BCUT2D eigenvalue weighted by Crippen LogP contribution is -2.30. The Bertz CT molecular complexity index is 1090. The molecule has 0 aliphatic carbocycles. The van der Waals surface area contributed by atoms with Crippen LogP contribution in [0.25, 0.3) is 23.2 Å². The van der Waals surface area contributed by atoms with Crippen LogP contribution in [-0.2, 0) is 11.8 Å². The van der Waals surface area contributed by atoms with E-state index in [1.54, 1.807) is 12.2 Å². The molecule has 3 rings (SSSR count). The molecule has 0 saturated heterocycles. The van der Waals surface area contributed by atoms with Gasteiger partial charge in [0.15, 0.2) is 11.3 Å². The van der Waals surface area contributed by atoms with Crippen molar-refractivity contribution in [1.82, 2.24) is 14.5 Å². The lowest BCUT2D eigenvalue weighted by Gasteiger charge is -2.08. The van der Waals surface area contributed by atoms with Gasteiger partial charge < -0.3 is 4.74 Å². The number of aryl methyl sites for hydroxylation is 1. The predicted octanol–water partition coefficient (Wildman–Crippen LogP) is 1.58. The summed E-state index contributed by atoms with van der Waals surface area (Å²) in [4.78, 5) is 42.3. The minimum atomic E-state index is -0.649. The minimum absolute atomic E-state index is 0.0170. The van der Waals surface area contributed by atoms with Crippen molar-refractivity contribution in [3.63, 3.8) is 0 Å². The van der Waals surface area contributed by atoms with E-state index in [1.807, 2.05) is 30.3 Å². The molecule has 0 unspecified atom stereocenters. The summed E-state index contributed by atoms with van der Waals surface area (Å²) in [7, 11) is 2.71. The molecule has 0 atom stereocenters. The van der Waals surface area contributed by atoms with Crippen LogP contribution < -0.4 is 11.2 Å². The van der Waals surface area contributed by atoms with Crippen LogP contribution in [0.2, 0.25) is 0 Å². The van der Waals surface area contributed by atoms with Gasteiger partial charge in [-0.05, 0) is 17.2 Å². The first kappa shape index (κ1) is 16.4. The maximum Gasteiger partial charge on any atom is 0.356 e. The summed E-state index contributed by atoms with van der Waals surface area (Å²) in [5.41, 5.74) is 0.354. The van der Waals surface area contributed by atoms with E-state index in [-0.39, 0.29) is 16.7 Å². The number of aromatic amines is 1. The number of rotatable bonds is 3. The number of esters is 1. The van der Waals surface area contributed by atoms with Crippen LogP contribution in [0.4, 0.5) is 0 Å². The van der Waals surface area contributed by atoms with Gasteiger partial charge in [-0.3, -0.25) is 14.3 Å². The summed E-state index contributed by atoms with van der Waals surface area (Å²) >= 11 is 0. The van der Waals surface area contributed by atoms with E-state index >= 15 is 0 Å². The monoisotopic (exact) mass is 337 g/mol. The molecule has 0 bridgehead atoms. The van der Waals surface area contributed by atoms with E-state index < -0.39 is 17.2 Å². The second-order valence-corrected chi connectivity index (χ2v) is 5.35. The second kappa shape index (κ2) is 6.56. The van der Waals surface area contributed by atoms with Gasteiger partial charge in [0.1, 0.15) is 0 Å². The largest absolute Gasteiger partial charge is 0.464 e. The summed E-state index contributed by atoms with van der Waals surface area (Å²) in [6.45, 7) is 0. The first-order valence-corrected chi connectivity index (χ1v) is 7.47. The summed E-state index contributed by atoms with van der Waals surface area (Å²) in [5.74, 6) is -0.649. The van der Waals surface area contributed by atoms with Gasteiger partial charge in [0.2, 0.25) is 0 Å². The molecule has 0 aliphatic heterocycles. The fraction of sp³-hybridized carbons (Fsp3) is 0.111. The molecule has 1 N–H and O–H groups in total. The minimum Gasteiger partial charge on any atom is -0.464 e. The third kappa shape index (κ3) is 3.12. The van der Waals surface area contributed by atoms with Gasteiger partial charge in [0.05, 0.1) is 12.5 Å². The fourth-order valence-corrected chi connectivity index (χ4v) is 2.46. The average Bonchev–Trinajstić information content (AvgIpc) is 2.63. The fourth-order valence-electron chi connectivity index (χ4n) is 2.46.